The van der Waals surface area contributed by atoms with Gasteiger partial charge in [0.05, 0.1) is 11.6 Å². The van der Waals surface area contributed by atoms with Gasteiger partial charge in [0.25, 0.3) is 0 Å². The first-order chi connectivity index (χ1) is 11.7. The Morgan fingerprint density at radius 1 is 1.08 bits per heavy atom. The molecule has 128 valence electrons. The number of rotatable bonds is 6. The summed E-state index contributed by atoms with van der Waals surface area (Å²) in [5.74, 6) is 1.08. The second kappa shape index (κ2) is 8.04. The normalized spacial score (nSPS) is 15.0. The summed E-state index contributed by atoms with van der Waals surface area (Å²) in [4.78, 5) is 0. The van der Waals surface area contributed by atoms with Crippen LogP contribution in [0.3, 0.4) is 0 Å². The van der Waals surface area contributed by atoms with Gasteiger partial charge in [0, 0.05) is 5.92 Å². The number of hydrogen-bond acceptors (Lipinski definition) is 2. The number of aryl methyl sites for hydroxylation is 2. The van der Waals surface area contributed by atoms with Crippen LogP contribution in [0.1, 0.15) is 47.9 Å². The molecule has 0 saturated heterocycles. The summed E-state index contributed by atoms with van der Waals surface area (Å²) in [5.41, 5.74) is 11.7. The van der Waals surface area contributed by atoms with Gasteiger partial charge in [-0.05, 0) is 80.0 Å². The SMILES string of the molecule is CCOc1ccc(CC(CN)c2ccc3c(c2)CCCC3)cc1Cl. The highest BCUT2D eigenvalue weighted by atomic mass is 35.5. The van der Waals surface area contributed by atoms with Crippen LogP contribution in [0.4, 0.5) is 0 Å². The zero-order valence-corrected chi connectivity index (χ0v) is 15.1. The van der Waals surface area contributed by atoms with Crippen LogP contribution in [0.2, 0.25) is 5.02 Å². The summed E-state index contributed by atoms with van der Waals surface area (Å²) >= 11 is 6.32. The molecule has 0 aromatic heterocycles. The van der Waals surface area contributed by atoms with Crippen molar-refractivity contribution in [3.63, 3.8) is 0 Å². The lowest BCUT2D eigenvalue weighted by atomic mass is 9.85. The summed E-state index contributed by atoms with van der Waals surface area (Å²) in [6.07, 6.45) is 5.95. The Hall–Kier alpha value is -1.51. The van der Waals surface area contributed by atoms with Crippen LogP contribution >= 0.6 is 11.6 Å². The fourth-order valence-electron chi connectivity index (χ4n) is 3.57. The molecule has 1 aliphatic carbocycles. The molecule has 1 atom stereocenters. The summed E-state index contributed by atoms with van der Waals surface area (Å²) in [7, 11) is 0. The second-order valence-corrected chi connectivity index (χ2v) is 6.98. The van der Waals surface area contributed by atoms with Gasteiger partial charge in [-0.3, -0.25) is 0 Å². The van der Waals surface area contributed by atoms with E-state index in [1.165, 1.54) is 47.9 Å². The summed E-state index contributed by atoms with van der Waals surface area (Å²) in [5, 5.41) is 0.676. The lowest BCUT2D eigenvalue weighted by Gasteiger charge is -2.21. The van der Waals surface area contributed by atoms with Gasteiger partial charge in [-0.15, -0.1) is 0 Å². The largest absolute Gasteiger partial charge is 0.492 e. The second-order valence-electron chi connectivity index (χ2n) is 6.57. The maximum Gasteiger partial charge on any atom is 0.137 e. The Labute approximate surface area is 150 Å². The van der Waals surface area contributed by atoms with E-state index in [0.29, 0.717) is 24.1 Å². The Bertz CT molecular complexity index is 698. The number of benzene rings is 2. The average molecular weight is 344 g/mol. The van der Waals surface area contributed by atoms with Gasteiger partial charge < -0.3 is 10.5 Å². The van der Waals surface area contributed by atoms with Crippen molar-refractivity contribution in [2.75, 3.05) is 13.2 Å². The maximum absolute atomic E-state index is 6.32. The Kier molecular flexibility index (Phi) is 5.80. The van der Waals surface area contributed by atoms with Crippen LogP contribution in [0, 0.1) is 0 Å². The molecule has 3 heteroatoms. The van der Waals surface area contributed by atoms with Crippen molar-refractivity contribution in [2.45, 2.75) is 44.9 Å². The molecular weight excluding hydrogens is 318 g/mol. The molecule has 0 bridgehead atoms. The van der Waals surface area contributed by atoms with Gasteiger partial charge in [0.2, 0.25) is 0 Å². The van der Waals surface area contributed by atoms with E-state index >= 15 is 0 Å². The molecule has 0 fully saturated rings. The van der Waals surface area contributed by atoms with Crippen molar-refractivity contribution in [3.8, 4) is 5.75 Å². The summed E-state index contributed by atoms with van der Waals surface area (Å²) in [6.45, 7) is 3.23. The molecule has 2 nitrogen and oxygen atoms in total. The van der Waals surface area contributed by atoms with Crippen LogP contribution in [0.5, 0.6) is 5.75 Å². The highest BCUT2D eigenvalue weighted by Crippen LogP contribution is 2.30. The molecule has 0 aliphatic heterocycles. The van der Waals surface area contributed by atoms with Crippen LogP contribution in [-0.4, -0.2) is 13.2 Å². The highest BCUT2D eigenvalue weighted by Gasteiger charge is 2.15. The lowest BCUT2D eigenvalue weighted by molar-refractivity contribution is 0.340. The third-order valence-electron chi connectivity index (χ3n) is 4.91. The van der Waals surface area contributed by atoms with Gasteiger partial charge in [-0.1, -0.05) is 35.9 Å². The average Bonchev–Trinajstić information content (AvgIpc) is 2.61. The van der Waals surface area contributed by atoms with Crippen molar-refractivity contribution >= 4 is 11.6 Å². The Balaban J connectivity index is 1.78. The number of nitrogens with two attached hydrogens (primary N) is 1. The van der Waals surface area contributed by atoms with Gasteiger partial charge in [0.1, 0.15) is 5.75 Å². The smallest absolute Gasteiger partial charge is 0.137 e. The molecule has 0 radical (unpaired) electrons. The van der Waals surface area contributed by atoms with Gasteiger partial charge in [0.15, 0.2) is 0 Å². The standard InChI is InChI=1S/C21H26ClNO/c1-2-24-21-10-7-15(12-20(21)22)11-19(14-23)18-9-8-16-5-3-4-6-17(16)13-18/h7-10,12-13,19H,2-6,11,14,23H2,1H3. The highest BCUT2D eigenvalue weighted by molar-refractivity contribution is 6.32. The van der Waals surface area contributed by atoms with Crippen LogP contribution in [-0.2, 0) is 19.3 Å². The minimum atomic E-state index is 0.325. The molecule has 0 heterocycles. The molecule has 1 unspecified atom stereocenters. The fraction of sp³-hybridized carbons (Fsp3) is 0.429. The summed E-state index contributed by atoms with van der Waals surface area (Å²) in [6, 6.07) is 13.0. The van der Waals surface area contributed by atoms with E-state index < -0.39 is 0 Å². The summed E-state index contributed by atoms with van der Waals surface area (Å²) < 4.78 is 5.51. The van der Waals surface area contributed by atoms with Crippen LogP contribution in [0.15, 0.2) is 36.4 Å². The van der Waals surface area contributed by atoms with Crippen molar-refractivity contribution < 1.29 is 4.74 Å². The predicted octanol–water partition coefficient (Wildman–Crippen LogP) is 4.90. The first-order valence-corrected chi connectivity index (χ1v) is 9.32. The maximum atomic E-state index is 6.32. The van der Waals surface area contributed by atoms with Gasteiger partial charge >= 0.3 is 0 Å². The van der Waals surface area contributed by atoms with Crippen molar-refractivity contribution in [1.82, 2.24) is 0 Å². The van der Waals surface area contributed by atoms with E-state index in [1.54, 1.807) is 0 Å². The van der Waals surface area contributed by atoms with Crippen LogP contribution in [0.25, 0.3) is 0 Å². The molecule has 0 saturated carbocycles. The van der Waals surface area contributed by atoms with E-state index in [9.17, 15) is 0 Å². The molecule has 2 aromatic carbocycles. The van der Waals surface area contributed by atoms with E-state index in [2.05, 4.69) is 24.3 Å². The van der Waals surface area contributed by atoms with Crippen molar-refractivity contribution in [2.24, 2.45) is 5.73 Å². The first-order valence-electron chi connectivity index (χ1n) is 8.94. The molecule has 0 amide bonds. The number of halogens is 1. The third-order valence-corrected chi connectivity index (χ3v) is 5.20. The zero-order chi connectivity index (χ0) is 16.9. The third kappa shape index (κ3) is 3.93. The lowest BCUT2D eigenvalue weighted by Crippen LogP contribution is -2.16. The Morgan fingerprint density at radius 2 is 1.88 bits per heavy atom. The molecule has 3 rings (SSSR count). The molecule has 2 aromatic rings. The Morgan fingerprint density at radius 3 is 2.58 bits per heavy atom. The minimum absolute atomic E-state index is 0.325. The van der Waals surface area contributed by atoms with Gasteiger partial charge in [-0.25, -0.2) is 0 Å². The predicted molar refractivity (Wildman–Crippen MR) is 101 cm³/mol. The topological polar surface area (TPSA) is 35.2 Å². The van der Waals surface area contributed by atoms with Crippen molar-refractivity contribution in [1.29, 1.82) is 0 Å². The van der Waals surface area contributed by atoms with E-state index in [0.717, 1.165) is 12.2 Å². The molecular formula is C21H26ClNO. The fourth-order valence-corrected chi connectivity index (χ4v) is 3.83. The van der Waals surface area contributed by atoms with E-state index in [-0.39, 0.29) is 0 Å². The molecule has 0 spiro atoms. The first kappa shape index (κ1) is 17.3. The van der Waals surface area contributed by atoms with Crippen LogP contribution < -0.4 is 10.5 Å². The number of ether oxygens (including phenoxy) is 1. The quantitative estimate of drug-likeness (QED) is 0.809. The number of fused-ring (bicyclic) bond motifs is 1. The monoisotopic (exact) mass is 343 g/mol. The molecule has 2 N–H and O–H groups in total. The van der Waals surface area contributed by atoms with Gasteiger partial charge in [-0.2, -0.15) is 0 Å². The number of hydrogen-bond donors (Lipinski definition) is 1. The zero-order valence-electron chi connectivity index (χ0n) is 14.4. The molecule has 1 aliphatic rings. The van der Waals surface area contributed by atoms with Crippen molar-refractivity contribution in [3.05, 3.63) is 63.7 Å². The van der Waals surface area contributed by atoms with E-state index in [1.807, 2.05) is 19.1 Å². The van der Waals surface area contributed by atoms with E-state index in [4.69, 9.17) is 22.1 Å². The molecule has 24 heavy (non-hydrogen) atoms. The minimum Gasteiger partial charge on any atom is -0.492 e.